The molecule has 0 saturated heterocycles. The molecule has 0 heterocycles. The van der Waals surface area contributed by atoms with Crippen molar-refractivity contribution in [2.75, 3.05) is 13.7 Å². The number of ether oxygens (including phenoxy) is 1. The summed E-state index contributed by atoms with van der Waals surface area (Å²) in [6, 6.07) is 18.3. The van der Waals surface area contributed by atoms with E-state index in [-0.39, 0.29) is 0 Å². The Morgan fingerprint density at radius 2 is 1.74 bits per heavy atom. The average molecular weight is 253 g/mol. The van der Waals surface area contributed by atoms with Crippen molar-refractivity contribution in [2.24, 2.45) is 0 Å². The van der Waals surface area contributed by atoms with E-state index in [1.54, 1.807) is 7.11 Å². The molecular formula is C17H19NO. The topological polar surface area (TPSA) is 21.3 Å². The van der Waals surface area contributed by atoms with E-state index in [4.69, 9.17) is 4.74 Å². The van der Waals surface area contributed by atoms with Crippen molar-refractivity contribution in [1.29, 1.82) is 0 Å². The van der Waals surface area contributed by atoms with Crippen LogP contribution in [0.15, 0.2) is 61.2 Å². The molecule has 2 nitrogen and oxygen atoms in total. The lowest BCUT2D eigenvalue weighted by Crippen LogP contribution is -2.16. The molecule has 1 N–H and O–H groups in total. The largest absolute Gasteiger partial charge is 0.496 e. The second kappa shape index (κ2) is 6.76. The number of hydrogen-bond acceptors (Lipinski definition) is 2. The first-order valence-corrected chi connectivity index (χ1v) is 6.37. The Morgan fingerprint density at radius 1 is 1.05 bits per heavy atom. The predicted molar refractivity (Wildman–Crippen MR) is 80.2 cm³/mol. The van der Waals surface area contributed by atoms with Crippen molar-refractivity contribution < 1.29 is 4.74 Å². The number of para-hydroxylation sites is 1. The van der Waals surface area contributed by atoms with Gasteiger partial charge in [-0.3, -0.25) is 0 Å². The summed E-state index contributed by atoms with van der Waals surface area (Å²) in [5.74, 6) is 0.917. The van der Waals surface area contributed by atoms with Crippen LogP contribution in [0.25, 0.3) is 5.57 Å². The van der Waals surface area contributed by atoms with Crippen LogP contribution >= 0.6 is 0 Å². The van der Waals surface area contributed by atoms with Crippen LogP contribution in [0.3, 0.4) is 0 Å². The maximum atomic E-state index is 5.33. The average Bonchev–Trinajstić information content (AvgIpc) is 2.48. The summed E-state index contributed by atoms with van der Waals surface area (Å²) in [7, 11) is 1.70. The van der Waals surface area contributed by atoms with Gasteiger partial charge in [-0.05, 0) is 17.2 Å². The lowest BCUT2D eigenvalue weighted by Gasteiger charge is -2.11. The van der Waals surface area contributed by atoms with Gasteiger partial charge in [0.2, 0.25) is 0 Å². The number of nitrogens with one attached hydrogen (secondary N) is 1. The Kier molecular flexibility index (Phi) is 4.76. The summed E-state index contributed by atoms with van der Waals surface area (Å²) in [5.41, 5.74) is 3.43. The molecule has 0 amide bonds. The zero-order valence-electron chi connectivity index (χ0n) is 11.2. The summed E-state index contributed by atoms with van der Waals surface area (Å²) in [5, 5.41) is 3.40. The van der Waals surface area contributed by atoms with Gasteiger partial charge in [0.25, 0.3) is 0 Å². The fraction of sp³-hybridized carbons (Fsp3) is 0.176. The molecule has 0 radical (unpaired) electrons. The van der Waals surface area contributed by atoms with Gasteiger partial charge < -0.3 is 10.1 Å². The second-order valence-electron chi connectivity index (χ2n) is 4.38. The highest BCUT2D eigenvalue weighted by Gasteiger charge is 2.02. The van der Waals surface area contributed by atoms with Gasteiger partial charge in [0, 0.05) is 18.7 Å². The summed E-state index contributed by atoms with van der Waals surface area (Å²) in [6.07, 6.45) is 0. The van der Waals surface area contributed by atoms with Crippen LogP contribution in [-0.2, 0) is 6.54 Å². The second-order valence-corrected chi connectivity index (χ2v) is 4.38. The van der Waals surface area contributed by atoms with Crippen molar-refractivity contribution in [3.8, 4) is 5.75 Å². The van der Waals surface area contributed by atoms with Crippen molar-refractivity contribution in [1.82, 2.24) is 5.32 Å². The molecule has 98 valence electrons. The molecule has 0 bridgehead atoms. The Bertz CT molecular complexity index is 534. The van der Waals surface area contributed by atoms with Gasteiger partial charge in [0.1, 0.15) is 5.75 Å². The number of rotatable bonds is 6. The van der Waals surface area contributed by atoms with E-state index in [1.165, 1.54) is 5.56 Å². The van der Waals surface area contributed by atoms with E-state index in [9.17, 15) is 0 Å². The van der Waals surface area contributed by atoms with E-state index in [2.05, 4.69) is 30.1 Å². The van der Waals surface area contributed by atoms with Crippen LogP contribution in [0, 0.1) is 0 Å². The maximum absolute atomic E-state index is 5.33. The molecule has 0 saturated carbocycles. The normalized spacial score (nSPS) is 10.2. The molecular weight excluding hydrogens is 234 g/mol. The molecule has 0 aromatic heterocycles. The quantitative estimate of drug-likeness (QED) is 0.850. The third-order valence-electron chi connectivity index (χ3n) is 3.03. The van der Waals surface area contributed by atoms with Crippen molar-refractivity contribution in [2.45, 2.75) is 6.54 Å². The molecule has 2 aromatic carbocycles. The minimum Gasteiger partial charge on any atom is -0.496 e. The molecule has 2 heteroatoms. The standard InChI is InChI=1S/C17H19NO/c1-14(15-8-4-3-5-9-15)12-18-13-16-10-6-7-11-17(16)19-2/h3-11,18H,1,12-13H2,2H3. The molecule has 0 unspecified atom stereocenters. The highest BCUT2D eigenvalue weighted by molar-refractivity contribution is 5.64. The summed E-state index contributed by atoms with van der Waals surface area (Å²) in [4.78, 5) is 0. The van der Waals surface area contributed by atoms with Crippen LogP contribution in [0.4, 0.5) is 0 Å². The molecule has 0 aliphatic rings. The van der Waals surface area contributed by atoms with Crippen molar-refractivity contribution in [3.05, 3.63) is 72.3 Å². The smallest absolute Gasteiger partial charge is 0.123 e. The van der Waals surface area contributed by atoms with E-state index in [1.807, 2.05) is 36.4 Å². The zero-order chi connectivity index (χ0) is 13.5. The SMILES string of the molecule is C=C(CNCc1ccccc1OC)c1ccccc1. The first-order valence-electron chi connectivity index (χ1n) is 6.37. The van der Waals surface area contributed by atoms with E-state index in [0.717, 1.165) is 30.0 Å². The molecule has 0 aliphatic heterocycles. The first-order chi connectivity index (χ1) is 9.31. The van der Waals surface area contributed by atoms with Gasteiger partial charge in [0.15, 0.2) is 0 Å². The van der Waals surface area contributed by atoms with Crippen LogP contribution in [0.1, 0.15) is 11.1 Å². The van der Waals surface area contributed by atoms with Gasteiger partial charge in [-0.15, -0.1) is 0 Å². The number of hydrogen-bond donors (Lipinski definition) is 1. The van der Waals surface area contributed by atoms with Crippen LogP contribution in [0.2, 0.25) is 0 Å². The van der Waals surface area contributed by atoms with Crippen LogP contribution < -0.4 is 10.1 Å². The van der Waals surface area contributed by atoms with E-state index >= 15 is 0 Å². The van der Waals surface area contributed by atoms with Gasteiger partial charge in [0.05, 0.1) is 7.11 Å². The highest BCUT2D eigenvalue weighted by atomic mass is 16.5. The Balaban J connectivity index is 1.88. The third-order valence-corrected chi connectivity index (χ3v) is 3.03. The Hall–Kier alpha value is -2.06. The molecule has 2 aromatic rings. The number of methoxy groups -OCH3 is 1. The van der Waals surface area contributed by atoms with Crippen LogP contribution in [0.5, 0.6) is 5.75 Å². The van der Waals surface area contributed by atoms with E-state index in [0.29, 0.717) is 0 Å². The highest BCUT2D eigenvalue weighted by Crippen LogP contribution is 2.17. The summed E-state index contributed by atoms with van der Waals surface area (Å²) >= 11 is 0. The minimum absolute atomic E-state index is 0.766. The molecule has 0 aliphatic carbocycles. The predicted octanol–water partition coefficient (Wildman–Crippen LogP) is 3.50. The minimum atomic E-state index is 0.766. The molecule has 2 rings (SSSR count). The van der Waals surface area contributed by atoms with Gasteiger partial charge in [-0.2, -0.15) is 0 Å². The molecule has 0 spiro atoms. The Labute approximate surface area is 114 Å². The van der Waals surface area contributed by atoms with Gasteiger partial charge >= 0.3 is 0 Å². The Morgan fingerprint density at radius 3 is 2.47 bits per heavy atom. The lowest BCUT2D eigenvalue weighted by molar-refractivity contribution is 0.408. The van der Waals surface area contributed by atoms with Crippen LogP contribution in [-0.4, -0.2) is 13.7 Å². The first kappa shape index (κ1) is 13.4. The maximum Gasteiger partial charge on any atom is 0.123 e. The lowest BCUT2D eigenvalue weighted by atomic mass is 10.1. The van der Waals surface area contributed by atoms with E-state index < -0.39 is 0 Å². The monoisotopic (exact) mass is 253 g/mol. The summed E-state index contributed by atoms with van der Waals surface area (Å²) < 4.78 is 5.33. The summed E-state index contributed by atoms with van der Waals surface area (Å²) in [6.45, 7) is 5.64. The fourth-order valence-electron chi connectivity index (χ4n) is 1.97. The molecule has 0 atom stereocenters. The van der Waals surface area contributed by atoms with Gasteiger partial charge in [-0.1, -0.05) is 55.1 Å². The van der Waals surface area contributed by atoms with Crippen molar-refractivity contribution >= 4 is 5.57 Å². The molecule has 19 heavy (non-hydrogen) atoms. The number of benzene rings is 2. The fourth-order valence-corrected chi connectivity index (χ4v) is 1.97. The zero-order valence-corrected chi connectivity index (χ0v) is 11.2. The van der Waals surface area contributed by atoms with Crippen molar-refractivity contribution in [3.63, 3.8) is 0 Å². The third kappa shape index (κ3) is 3.70. The molecule has 0 fully saturated rings. The van der Waals surface area contributed by atoms with Gasteiger partial charge in [-0.25, -0.2) is 0 Å².